The van der Waals surface area contributed by atoms with E-state index in [0.29, 0.717) is 12.3 Å². The summed E-state index contributed by atoms with van der Waals surface area (Å²) in [5.41, 5.74) is 6.45. The Morgan fingerprint density at radius 1 is 1.26 bits per heavy atom. The third kappa shape index (κ3) is 4.69. The molecule has 6 heteroatoms. The summed E-state index contributed by atoms with van der Waals surface area (Å²) in [5, 5.41) is 2.93. The fraction of sp³-hybridized carbons (Fsp3) is 0.529. The fourth-order valence-corrected chi connectivity index (χ4v) is 2.81. The molecule has 0 aliphatic heterocycles. The van der Waals surface area contributed by atoms with Crippen LogP contribution in [0.4, 0.5) is 5.69 Å². The lowest BCUT2D eigenvalue weighted by Crippen LogP contribution is -2.29. The van der Waals surface area contributed by atoms with E-state index in [-0.39, 0.29) is 30.3 Å². The highest BCUT2D eigenvalue weighted by molar-refractivity contribution is 5.93. The third-order valence-corrected chi connectivity index (χ3v) is 4.28. The average Bonchev–Trinajstić information content (AvgIpc) is 3.02. The van der Waals surface area contributed by atoms with E-state index in [2.05, 4.69) is 5.32 Å². The number of amides is 2. The van der Waals surface area contributed by atoms with Gasteiger partial charge in [-0.2, -0.15) is 0 Å². The van der Waals surface area contributed by atoms with Gasteiger partial charge in [0, 0.05) is 25.7 Å². The van der Waals surface area contributed by atoms with Crippen molar-refractivity contribution in [1.82, 2.24) is 4.90 Å². The average molecular weight is 319 g/mol. The van der Waals surface area contributed by atoms with Crippen LogP contribution in [0.25, 0.3) is 0 Å². The Labute approximate surface area is 137 Å². The van der Waals surface area contributed by atoms with Gasteiger partial charge in [-0.1, -0.05) is 6.42 Å². The molecule has 126 valence electrons. The largest absolute Gasteiger partial charge is 0.484 e. The van der Waals surface area contributed by atoms with Crippen LogP contribution in [0.3, 0.4) is 0 Å². The zero-order valence-corrected chi connectivity index (χ0v) is 13.7. The Kier molecular flexibility index (Phi) is 5.98. The molecule has 0 saturated heterocycles. The van der Waals surface area contributed by atoms with E-state index in [4.69, 9.17) is 10.5 Å². The van der Waals surface area contributed by atoms with Crippen molar-refractivity contribution in [2.45, 2.75) is 19.3 Å². The van der Waals surface area contributed by atoms with Gasteiger partial charge in [-0.15, -0.1) is 0 Å². The van der Waals surface area contributed by atoms with Gasteiger partial charge in [0.05, 0.1) is 0 Å². The van der Waals surface area contributed by atoms with Crippen LogP contribution in [0.5, 0.6) is 5.75 Å². The van der Waals surface area contributed by atoms with Crippen molar-refractivity contribution in [1.29, 1.82) is 0 Å². The van der Waals surface area contributed by atoms with Crippen LogP contribution in [-0.2, 0) is 9.59 Å². The zero-order valence-electron chi connectivity index (χ0n) is 13.7. The Morgan fingerprint density at radius 2 is 1.96 bits per heavy atom. The number of ether oxygens (including phenoxy) is 1. The maximum absolute atomic E-state index is 12.3. The normalized spacial score (nSPS) is 20.1. The highest BCUT2D eigenvalue weighted by atomic mass is 16.5. The van der Waals surface area contributed by atoms with Crippen molar-refractivity contribution in [3.63, 3.8) is 0 Å². The zero-order chi connectivity index (χ0) is 16.8. The number of carbonyl (C=O) groups excluding carboxylic acids is 2. The number of carbonyl (C=O) groups is 2. The molecule has 1 fully saturated rings. The van der Waals surface area contributed by atoms with E-state index < -0.39 is 0 Å². The maximum Gasteiger partial charge on any atom is 0.259 e. The van der Waals surface area contributed by atoms with Gasteiger partial charge in [-0.25, -0.2) is 0 Å². The third-order valence-electron chi connectivity index (χ3n) is 4.28. The second-order valence-electron chi connectivity index (χ2n) is 6.12. The molecule has 2 amide bonds. The number of hydrogen-bond donors (Lipinski definition) is 2. The van der Waals surface area contributed by atoms with Crippen molar-refractivity contribution in [3.8, 4) is 5.75 Å². The van der Waals surface area contributed by atoms with Gasteiger partial charge in [-0.3, -0.25) is 9.59 Å². The Bertz CT molecular complexity index is 543. The fourth-order valence-electron chi connectivity index (χ4n) is 2.81. The SMILES string of the molecule is CN(C)C(=O)COc1ccc(NC(=O)[C@@H]2CCC[C@@H]2CN)cc1. The molecule has 1 saturated carbocycles. The van der Waals surface area contributed by atoms with Crippen molar-refractivity contribution >= 4 is 17.5 Å². The predicted octanol–water partition coefficient (Wildman–Crippen LogP) is 1.47. The standard InChI is InChI=1S/C17H25N3O3/c1-20(2)16(21)11-23-14-8-6-13(7-9-14)19-17(22)15-5-3-4-12(15)10-18/h6-9,12,15H,3-5,10-11,18H2,1-2H3,(H,19,22)/t12-,15-/m1/s1. The molecule has 0 bridgehead atoms. The second kappa shape index (κ2) is 7.97. The topological polar surface area (TPSA) is 84.7 Å². The minimum absolute atomic E-state index is 0.00103. The van der Waals surface area contributed by atoms with Crippen LogP contribution in [0.15, 0.2) is 24.3 Å². The van der Waals surface area contributed by atoms with Crippen LogP contribution < -0.4 is 15.8 Å². The van der Waals surface area contributed by atoms with Crippen LogP contribution >= 0.6 is 0 Å². The molecule has 1 aliphatic rings. The van der Waals surface area contributed by atoms with Crippen LogP contribution in [0, 0.1) is 11.8 Å². The number of nitrogens with two attached hydrogens (primary N) is 1. The number of rotatable bonds is 6. The van der Waals surface area contributed by atoms with Crippen molar-refractivity contribution in [2.24, 2.45) is 17.6 Å². The molecule has 1 aliphatic carbocycles. The number of nitrogens with one attached hydrogen (secondary N) is 1. The Balaban J connectivity index is 1.87. The maximum atomic E-state index is 12.3. The van der Waals surface area contributed by atoms with Gasteiger partial charge in [0.25, 0.3) is 5.91 Å². The molecule has 23 heavy (non-hydrogen) atoms. The number of benzene rings is 1. The number of hydrogen-bond acceptors (Lipinski definition) is 4. The summed E-state index contributed by atoms with van der Waals surface area (Å²) in [4.78, 5) is 25.3. The van der Waals surface area contributed by atoms with Crippen molar-refractivity contribution < 1.29 is 14.3 Å². The monoisotopic (exact) mass is 319 g/mol. The molecular weight excluding hydrogens is 294 g/mol. The molecule has 0 spiro atoms. The summed E-state index contributed by atoms with van der Waals surface area (Å²) in [6.07, 6.45) is 3.00. The number of likely N-dealkylation sites (N-methyl/N-ethyl adjacent to an activating group) is 1. The first kappa shape index (κ1) is 17.3. The lowest BCUT2D eigenvalue weighted by atomic mass is 9.95. The minimum Gasteiger partial charge on any atom is -0.484 e. The minimum atomic E-state index is -0.101. The smallest absolute Gasteiger partial charge is 0.259 e. The molecule has 0 unspecified atom stereocenters. The van der Waals surface area contributed by atoms with E-state index in [1.807, 2.05) is 0 Å². The second-order valence-corrected chi connectivity index (χ2v) is 6.12. The quantitative estimate of drug-likeness (QED) is 0.831. The van der Waals surface area contributed by atoms with Gasteiger partial charge in [0.15, 0.2) is 6.61 Å². The van der Waals surface area contributed by atoms with Gasteiger partial charge >= 0.3 is 0 Å². The van der Waals surface area contributed by atoms with Crippen LogP contribution in [-0.4, -0.2) is 44.0 Å². The first-order valence-corrected chi connectivity index (χ1v) is 7.95. The molecule has 0 radical (unpaired) electrons. The number of anilines is 1. The molecule has 0 heterocycles. The molecule has 0 aromatic heterocycles. The summed E-state index contributed by atoms with van der Waals surface area (Å²) in [5.74, 6) is 0.827. The summed E-state index contributed by atoms with van der Waals surface area (Å²) < 4.78 is 5.40. The molecule has 2 rings (SSSR count). The predicted molar refractivity (Wildman–Crippen MR) is 89.1 cm³/mol. The molecule has 3 N–H and O–H groups in total. The first-order chi connectivity index (χ1) is 11.0. The van der Waals surface area contributed by atoms with E-state index in [1.165, 1.54) is 4.90 Å². The summed E-state index contributed by atoms with van der Waals surface area (Å²) >= 11 is 0. The Morgan fingerprint density at radius 3 is 2.57 bits per heavy atom. The molecule has 1 aromatic rings. The summed E-state index contributed by atoms with van der Waals surface area (Å²) in [6, 6.07) is 7.04. The van der Waals surface area contributed by atoms with Crippen molar-refractivity contribution in [2.75, 3.05) is 32.6 Å². The van der Waals surface area contributed by atoms with Gasteiger partial charge < -0.3 is 20.7 Å². The van der Waals surface area contributed by atoms with E-state index in [1.54, 1.807) is 38.4 Å². The summed E-state index contributed by atoms with van der Waals surface area (Å²) in [6.45, 7) is 0.559. The van der Waals surface area contributed by atoms with Gasteiger partial charge in [-0.05, 0) is 49.6 Å². The van der Waals surface area contributed by atoms with Gasteiger partial charge in [0.1, 0.15) is 5.75 Å². The highest BCUT2D eigenvalue weighted by Gasteiger charge is 2.31. The van der Waals surface area contributed by atoms with E-state index in [9.17, 15) is 9.59 Å². The van der Waals surface area contributed by atoms with E-state index >= 15 is 0 Å². The number of nitrogens with zero attached hydrogens (tertiary/aromatic N) is 1. The summed E-state index contributed by atoms with van der Waals surface area (Å²) in [7, 11) is 3.36. The Hall–Kier alpha value is -2.08. The van der Waals surface area contributed by atoms with Crippen LogP contribution in [0.2, 0.25) is 0 Å². The molecule has 1 aromatic carbocycles. The van der Waals surface area contributed by atoms with Crippen molar-refractivity contribution in [3.05, 3.63) is 24.3 Å². The lowest BCUT2D eigenvalue weighted by molar-refractivity contribution is -0.130. The molecular formula is C17H25N3O3. The first-order valence-electron chi connectivity index (χ1n) is 7.95. The highest BCUT2D eigenvalue weighted by Crippen LogP contribution is 2.32. The lowest BCUT2D eigenvalue weighted by Gasteiger charge is -2.17. The van der Waals surface area contributed by atoms with Gasteiger partial charge in [0.2, 0.25) is 5.91 Å². The molecule has 2 atom stereocenters. The van der Waals surface area contributed by atoms with Crippen LogP contribution in [0.1, 0.15) is 19.3 Å². The molecule has 6 nitrogen and oxygen atoms in total. The van der Waals surface area contributed by atoms with E-state index in [0.717, 1.165) is 24.9 Å².